The molecule has 0 amide bonds. The van der Waals surface area contributed by atoms with Crippen LogP contribution in [0.15, 0.2) is 42.6 Å². The number of aromatic nitrogens is 3. The van der Waals surface area contributed by atoms with Gasteiger partial charge in [-0.25, -0.2) is 4.39 Å². The van der Waals surface area contributed by atoms with Gasteiger partial charge >= 0.3 is 6.01 Å². The van der Waals surface area contributed by atoms with Gasteiger partial charge in [-0.1, -0.05) is 53.9 Å². The standard InChI is InChI=1S/C33H37ClFN7OS/c1-44-37-15-23-11-13-33(12-4-14-42(23)33)19-43-32-39-30-25(31(40-32)41-17-21-9-10-22(18-41)38-21)16-36-29(28(30)35)24-7-2-5-20-6-3-8-26(34)27(20)24/h2-3,5-8,16,21-23,37-38H,4,9-15,17-19H2,1H3/t21-,22?,23+,33?/m0/s1. The average molecular weight is 634 g/mol. The largest absolute Gasteiger partial charge is 0.461 e. The number of anilines is 1. The van der Waals surface area contributed by atoms with Gasteiger partial charge in [0.2, 0.25) is 0 Å². The lowest BCUT2D eigenvalue weighted by molar-refractivity contribution is 0.0858. The zero-order valence-corrected chi connectivity index (χ0v) is 26.4. The van der Waals surface area contributed by atoms with Crippen molar-refractivity contribution in [3.8, 4) is 17.3 Å². The van der Waals surface area contributed by atoms with Crippen molar-refractivity contribution in [3.63, 3.8) is 0 Å². The monoisotopic (exact) mass is 633 g/mol. The summed E-state index contributed by atoms with van der Waals surface area (Å²) in [6, 6.07) is 13.0. The molecule has 230 valence electrons. The molecule has 2 bridgehead atoms. The summed E-state index contributed by atoms with van der Waals surface area (Å²) in [6.07, 6.45) is 10.5. The van der Waals surface area contributed by atoms with Crippen LogP contribution in [0.5, 0.6) is 6.01 Å². The van der Waals surface area contributed by atoms with Crippen LogP contribution in [-0.4, -0.2) is 82.6 Å². The van der Waals surface area contributed by atoms with Crippen molar-refractivity contribution in [2.45, 2.75) is 62.2 Å². The molecule has 4 aromatic rings. The van der Waals surface area contributed by atoms with Gasteiger partial charge in [-0.05, 0) is 62.8 Å². The van der Waals surface area contributed by atoms with E-state index in [1.165, 1.54) is 0 Å². The van der Waals surface area contributed by atoms with E-state index in [0.717, 1.165) is 75.5 Å². The number of hydrogen-bond donors (Lipinski definition) is 2. The summed E-state index contributed by atoms with van der Waals surface area (Å²) in [5, 5.41) is 6.57. The van der Waals surface area contributed by atoms with E-state index < -0.39 is 5.82 Å². The molecule has 6 heterocycles. The summed E-state index contributed by atoms with van der Waals surface area (Å²) in [5.74, 6) is 0.220. The van der Waals surface area contributed by atoms with Crippen LogP contribution in [0.1, 0.15) is 38.5 Å². The maximum Gasteiger partial charge on any atom is 0.319 e. The van der Waals surface area contributed by atoms with Gasteiger partial charge in [0.25, 0.3) is 0 Å². The molecule has 44 heavy (non-hydrogen) atoms. The number of pyridine rings is 1. The van der Waals surface area contributed by atoms with Gasteiger partial charge in [0, 0.05) is 59.9 Å². The maximum absolute atomic E-state index is 16.7. The number of hydrogen-bond acceptors (Lipinski definition) is 9. The molecule has 2 N–H and O–H groups in total. The summed E-state index contributed by atoms with van der Waals surface area (Å²) in [5.41, 5.74) is 1.08. The number of benzene rings is 2. The van der Waals surface area contributed by atoms with Gasteiger partial charge in [-0.2, -0.15) is 9.97 Å². The molecule has 4 saturated heterocycles. The van der Waals surface area contributed by atoms with Crippen molar-refractivity contribution in [1.29, 1.82) is 0 Å². The van der Waals surface area contributed by atoms with Crippen LogP contribution in [0.25, 0.3) is 32.9 Å². The van der Waals surface area contributed by atoms with E-state index in [2.05, 4.69) is 31.1 Å². The second kappa shape index (κ2) is 11.6. The topological polar surface area (TPSA) is 78.4 Å². The van der Waals surface area contributed by atoms with Crippen molar-refractivity contribution >= 4 is 51.0 Å². The number of halogens is 2. The molecular weight excluding hydrogens is 597 g/mol. The Bertz CT molecular complexity index is 1710. The molecule has 4 aliphatic heterocycles. The fraction of sp³-hybridized carbons (Fsp3) is 0.485. The zero-order valence-electron chi connectivity index (χ0n) is 24.9. The normalized spacial score (nSPS) is 26.6. The van der Waals surface area contributed by atoms with E-state index >= 15 is 4.39 Å². The molecule has 8 nitrogen and oxygen atoms in total. The molecule has 0 spiro atoms. The predicted octanol–water partition coefficient (Wildman–Crippen LogP) is 5.82. The Labute approximate surface area is 266 Å². The predicted molar refractivity (Wildman–Crippen MR) is 176 cm³/mol. The molecule has 0 aliphatic carbocycles. The third-order valence-electron chi connectivity index (χ3n) is 10.2. The molecule has 8 rings (SSSR count). The lowest BCUT2D eigenvalue weighted by Crippen LogP contribution is -2.51. The van der Waals surface area contributed by atoms with Crippen molar-refractivity contribution < 1.29 is 9.13 Å². The molecule has 4 fully saturated rings. The molecule has 2 aromatic heterocycles. The van der Waals surface area contributed by atoms with Gasteiger partial charge in [0.1, 0.15) is 23.6 Å². The van der Waals surface area contributed by atoms with Gasteiger partial charge in [0.15, 0.2) is 5.82 Å². The quantitative estimate of drug-likeness (QED) is 0.233. The maximum atomic E-state index is 16.7. The highest BCUT2D eigenvalue weighted by molar-refractivity contribution is 7.96. The fourth-order valence-electron chi connectivity index (χ4n) is 8.18. The van der Waals surface area contributed by atoms with Crippen LogP contribution >= 0.6 is 23.5 Å². The van der Waals surface area contributed by atoms with E-state index in [-0.39, 0.29) is 22.8 Å². The Morgan fingerprint density at radius 2 is 1.93 bits per heavy atom. The molecule has 2 aromatic carbocycles. The molecule has 0 radical (unpaired) electrons. The lowest BCUT2D eigenvalue weighted by Gasteiger charge is -2.35. The van der Waals surface area contributed by atoms with Crippen LogP contribution in [0, 0.1) is 5.82 Å². The summed E-state index contributed by atoms with van der Waals surface area (Å²) >= 11 is 8.31. The Kier molecular flexibility index (Phi) is 7.53. The highest BCUT2D eigenvalue weighted by atomic mass is 35.5. The highest BCUT2D eigenvalue weighted by Gasteiger charge is 2.49. The average Bonchev–Trinajstić information content (AvgIpc) is 3.71. The minimum absolute atomic E-state index is 0.0287. The van der Waals surface area contributed by atoms with E-state index in [9.17, 15) is 0 Å². The zero-order chi connectivity index (χ0) is 29.8. The van der Waals surface area contributed by atoms with Crippen molar-refractivity contribution in [1.82, 2.24) is 29.9 Å². The number of fused-ring (bicyclic) bond motifs is 5. The minimum atomic E-state index is -0.480. The van der Waals surface area contributed by atoms with E-state index in [1.807, 2.05) is 36.4 Å². The highest BCUT2D eigenvalue weighted by Crippen LogP contribution is 2.43. The Morgan fingerprint density at radius 1 is 1.11 bits per heavy atom. The van der Waals surface area contributed by atoms with E-state index in [4.69, 9.17) is 26.3 Å². The van der Waals surface area contributed by atoms with Gasteiger partial charge < -0.3 is 15.0 Å². The second-order valence-electron chi connectivity index (χ2n) is 12.8. The van der Waals surface area contributed by atoms with E-state index in [0.29, 0.717) is 46.5 Å². The van der Waals surface area contributed by atoms with Crippen LogP contribution in [0.2, 0.25) is 5.02 Å². The van der Waals surface area contributed by atoms with Crippen molar-refractivity contribution in [2.75, 3.05) is 43.9 Å². The molecule has 4 atom stereocenters. The third kappa shape index (κ3) is 4.90. The van der Waals surface area contributed by atoms with Crippen LogP contribution < -0.4 is 19.7 Å². The number of nitrogens with zero attached hydrogens (tertiary/aromatic N) is 5. The van der Waals surface area contributed by atoms with Crippen molar-refractivity contribution in [3.05, 3.63) is 53.4 Å². The number of nitrogens with one attached hydrogen (secondary N) is 2. The van der Waals surface area contributed by atoms with E-state index in [1.54, 1.807) is 18.1 Å². The molecule has 11 heteroatoms. The molecule has 2 unspecified atom stereocenters. The van der Waals surface area contributed by atoms with Gasteiger partial charge in [-0.3, -0.25) is 14.6 Å². The summed E-state index contributed by atoms with van der Waals surface area (Å²) in [4.78, 5) is 19.3. The molecule has 4 aliphatic rings. The first-order chi connectivity index (χ1) is 21.5. The number of rotatable bonds is 8. The first kappa shape index (κ1) is 28.7. The summed E-state index contributed by atoms with van der Waals surface area (Å²) < 4.78 is 26.7. The molecular formula is C33H37ClFN7OS. The van der Waals surface area contributed by atoms with Gasteiger partial charge in [-0.15, -0.1) is 0 Å². The summed E-state index contributed by atoms with van der Waals surface area (Å²) in [6.45, 7) is 4.16. The van der Waals surface area contributed by atoms with Crippen molar-refractivity contribution in [2.24, 2.45) is 0 Å². The Hall–Kier alpha value is -2.76. The van der Waals surface area contributed by atoms with Gasteiger partial charge in [0.05, 0.1) is 10.9 Å². The second-order valence-corrected chi connectivity index (χ2v) is 13.9. The number of piperazine rings is 1. The summed E-state index contributed by atoms with van der Waals surface area (Å²) in [7, 11) is 0. The van der Waals surface area contributed by atoms with Crippen LogP contribution in [0.3, 0.4) is 0 Å². The SMILES string of the molecule is CSNC[C@H]1CCC2(COc3nc(N4CC5CC[C@@H](C4)N5)c4cnc(-c5cccc6cccc(Cl)c56)c(F)c4n3)CCCN12. The minimum Gasteiger partial charge on any atom is -0.461 e. The smallest absolute Gasteiger partial charge is 0.319 e. The molecule has 0 saturated carbocycles. The Morgan fingerprint density at radius 3 is 2.75 bits per heavy atom. The third-order valence-corrected chi connectivity index (χ3v) is 11.0. The number of ether oxygens (including phenoxy) is 1. The van der Waals surface area contributed by atoms with Crippen LogP contribution in [0.4, 0.5) is 10.2 Å². The fourth-order valence-corrected chi connectivity index (χ4v) is 8.83. The van der Waals surface area contributed by atoms with Crippen LogP contribution in [-0.2, 0) is 0 Å². The first-order valence-electron chi connectivity index (χ1n) is 15.7. The Balaban J connectivity index is 1.20. The lowest BCUT2D eigenvalue weighted by atomic mass is 9.95. The first-order valence-corrected chi connectivity index (χ1v) is 17.3.